The van der Waals surface area contributed by atoms with Crippen molar-refractivity contribution in [3.8, 4) is 0 Å². The van der Waals surface area contributed by atoms with E-state index in [1.165, 1.54) is 0 Å². The molecular formula is C22H34O6. The molecule has 0 aromatic rings. The van der Waals surface area contributed by atoms with Gasteiger partial charge in [0.2, 0.25) is 0 Å². The van der Waals surface area contributed by atoms with Crippen LogP contribution in [0.3, 0.4) is 0 Å². The van der Waals surface area contributed by atoms with Crippen molar-refractivity contribution in [1.29, 1.82) is 0 Å². The number of hydrogen-bond donors (Lipinski definition) is 4. The molecule has 4 N–H and O–H groups in total. The number of rotatable bonds is 13. The van der Waals surface area contributed by atoms with E-state index in [1.807, 2.05) is 12.2 Å². The van der Waals surface area contributed by atoms with Gasteiger partial charge in [-0.15, -0.1) is 0 Å². The monoisotopic (exact) mass is 394 g/mol. The second kappa shape index (κ2) is 14.3. The maximum atomic E-state index is 10.4. The largest absolute Gasteiger partial charge is 0.481 e. The fraction of sp³-hybridized carbons (Fsp3) is 0.591. The van der Waals surface area contributed by atoms with Crippen molar-refractivity contribution in [3.05, 3.63) is 48.6 Å². The molecule has 158 valence electrons. The van der Waals surface area contributed by atoms with Crippen molar-refractivity contribution in [2.75, 3.05) is 0 Å². The zero-order valence-electron chi connectivity index (χ0n) is 16.6. The van der Waals surface area contributed by atoms with Crippen LogP contribution in [0.25, 0.3) is 0 Å². The Morgan fingerprint density at radius 2 is 1.82 bits per heavy atom. The Kier molecular flexibility index (Phi) is 12.4. The summed E-state index contributed by atoms with van der Waals surface area (Å²) in [6.45, 7) is 2.08. The lowest BCUT2D eigenvalue weighted by atomic mass is 10.0. The third-order valence-corrected chi connectivity index (χ3v) is 4.42. The molecule has 1 fully saturated rings. The van der Waals surface area contributed by atoms with Gasteiger partial charge in [0.1, 0.15) is 6.10 Å². The lowest BCUT2D eigenvalue weighted by Crippen LogP contribution is -2.25. The number of aliphatic hydroxyl groups is 3. The highest BCUT2D eigenvalue weighted by atomic mass is 16.5. The summed E-state index contributed by atoms with van der Waals surface area (Å²) in [4.78, 5) is 10.4. The standard InChI is InChI=1S/C22H34O6/c1-2-3-4-5-6-9-12-18(24)21-16-19(25)20(28-21)15-14-17(23)11-8-7-10-13-22(26)27/h3-4,6-9,14-15,17-21,23-25H,2,5,10-13,16H2,1H3,(H,26,27)/b4-3-,8-7-,9-6-,15-14+. The summed E-state index contributed by atoms with van der Waals surface area (Å²) in [5.74, 6) is -0.849. The number of aliphatic hydroxyl groups excluding tert-OH is 3. The SMILES string of the molecule is CC/C=C\C/C=C\CC(O)C1CC(O)C(/C=C/C(O)C/C=C\CCC(=O)O)O1. The van der Waals surface area contributed by atoms with E-state index in [0.29, 0.717) is 25.7 Å². The molecule has 1 saturated heterocycles. The molecule has 6 heteroatoms. The first kappa shape index (κ1) is 24.3. The van der Waals surface area contributed by atoms with Gasteiger partial charge in [-0.2, -0.15) is 0 Å². The topological polar surface area (TPSA) is 107 Å². The third kappa shape index (κ3) is 10.6. The van der Waals surface area contributed by atoms with Crippen LogP contribution in [0, 0.1) is 0 Å². The Hall–Kier alpha value is -1.73. The second-order valence-corrected chi connectivity index (χ2v) is 6.92. The maximum absolute atomic E-state index is 10.4. The smallest absolute Gasteiger partial charge is 0.303 e. The maximum Gasteiger partial charge on any atom is 0.303 e. The molecule has 6 nitrogen and oxygen atoms in total. The second-order valence-electron chi connectivity index (χ2n) is 6.92. The van der Waals surface area contributed by atoms with E-state index in [1.54, 1.807) is 24.3 Å². The van der Waals surface area contributed by atoms with Gasteiger partial charge in [0.05, 0.1) is 24.4 Å². The van der Waals surface area contributed by atoms with Crippen molar-refractivity contribution in [2.45, 2.75) is 82.4 Å². The predicted octanol–water partition coefficient (Wildman–Crippen LogP) is 2.90. The molecule has 0 aromatic carbocycles. The van der Waals surface area contributed by atoms with Gasteiger partial charge < -0.3 is 25.2 Å². The van der Waals surface area contributed by atoms with Gasteiger partial charge in [-0.3, -0.25) is 4.79 Å². The third-order valence-electron chi connectivity index (χ3n) is 4.42. The molecule has 28 heavy (non-hydrogen) atoms. The average Bonchev–Trinajstić information content (AvgIpc) is 3.03. The normalized spacial score (nSPS) is 25.5. The van der Waals surface area contributed by atoms with Gasteiger partial charge in [-0.25, -0.2) is 0 Å². The number of carbonyl (C=O) groups is 1. The first-order valence-electron chi connectivity index (χ1n) is 9.98. The van der Waals surface area contributed by atoms with Crippen molar-refractivity contribution in [1.82, 2.24) is 0 Å². The molecule has 1 aliphatic heterocycles. The molecular weight excluding hydrogens is 360 g/mol. The summed E-state index contributed by atoms with van der Waals surface area (Å²) in [5.41, 5.74) is 0. The number of carboxylic acids is 1. The average molecular weight is 395 g/mol. The quantitative estimate of drug-likeness (QED) is 0.358. The number of allylic oxidation sites excluding steroid dienone is 4. The molecule has 1 aliphatic rings. The number of ether oxygens (including phenoxy) is 1. The summed E-state index contributed by atoms with van der Waals surface area (Å²) < 4.78 is 5.72. The Labute approximate surface area is 167 Å². The van der Waals surface area contributed by atoms with Gasteiger partial charge in [-0.1, -0.05) is 55.5 Å². The summed E-state index contributed by atoms with van der Waals surface area (Å²) in [5, 5.41) is 38.8. The minimum Gasteiger partial charge on any atom is -0.481 e. The Balaban J connectivity index is 2.34. The van der Waals surface area contributed by atoms with Crippen LogP contribution in [0.1, 0.15) is 51.9 Å². The van der Waals surface area contributed by atoms with E-state index in [2.05, 4.69) is 19.1 Å². The van der Waals surface area contributed by atoms with E-state index in [0.717, 1.165) is 12.8 Å². The van der Waals surface area contributed by atoms with Crippen molar-refractivity contribution >= 4 is 5.97 Å². The lowest BCUT2D eigenvalue weighted by Gasteiger charge is -2.16. The van der Waals surface area contributed by atoms with Gasteiger partial charge in [0.15, 0.2) is 0 Å². The molecule has 0 amide bonds. The van der Waals surface area contributed by atoms with Crippen LogP contribution in [0.15, 0.2) is 48.6 Å². The zero-order valence-corrected chi connectivity index (χ0v) is 16.6. The van der Waals surface area contributed by atoms with Crippen LogP contribution < -0.4 is 0 Å². The van der Waals surface area contributed by atoms with Crippen LogP contribution in [-0.2, 0) is 9.53 Å². The van der Waals surface area contributed by atoms with Gasteiger partial charge in [-0.05, 0) is 32.1 Å². The van der Waals surface area contributed by atoms with Crippen LogP contribution in [0.5, 0.6) is 0 Å². The molecule has 5 atom stereocenters. The summed E-state index contributed by atoms with van der Waals surface area (Å²) in [6, 6.07) is 0. The van der Waals surface area contributed by atoms with E-state index >= 15 is 0 Å². The number of aliphatic carboxylic acids is 1. The van der Waals surface area contributed by atoms with E-state index < -0.39 is 36.5 Å². The fourth-order valence-corrected chi connectivity index (χ4v) is 2.84. The van der Waals surface area contributed by atoms with Crippen molar-refractivity contribution in [3.63, 3.8) is 0 Å². The van der Waals surface area contributed by atoms with E-state index in [9.17, 15) is 20.1 Å². The van der Waals surface area contributed by atoms with E-state index in [-0.39, 0.29) is 6.42 Å². The minimum atomic E-state index is -0.849. The zero-order chi connectivity index (χ0) is 20.8. The Bertz CT molecular complexity index is 551. The first-order chi connectivity index (χ1) is 13.4. The molecule has 0 spiro atoms. The summed E-state index contributed by atoms with van der Waals surface area (Å²) in [6.07, 6.45) is 15.1. The highest BCUT2D eigenvalue weighted by molar-refractivity contribution is 5.66. The number of carboxylic acid groups (broad SMARTS) is 1. The molecule has 0 bridgehead atoms. The van der Waals surface area contributed by atoms with Gasteiger partial charge in [0.25, 0.3) is 0 Å². The van der Waals surface area contributed by atoms with Gasteiger partial charge >= 0.3 is 5.97 Å². The van der Waals surface area contributed by atoms with Gasteiger partial charge in [0, 0.05) is 12.8 Å². The molecule has 0 saturated carbocycles. The predicted molar refractivity (Wildman–Crippen MR) is 109 cm³/mol. The highest BCUT2D eigenvalue weighted by Gasteiger charge is 2.35. The van der Waals surface area contributed by atoms with Crippen LogP contribution in [0.4, 0.5) is 0 Å². The lowest BCUT2D eigenvalue weighted by molar-refractivity contribution is -0.136. The van der Waals surface area contributed by atoms with Crippen LogP contribution in [-0.4, -0.2) is 56.9 Å². The number of hydrogen-bond acceptors (Lipinski definition) is 5. The fourth-order valence-electron chi connectivity index (χ4n) is 2.84. The summed E-state index contributed by atoms with van der Waals surface area (Å²) in [7, 11) is 0. The first-order valence-corrected chi connectivity index (χ1v) is 9.98. The Morgan fingerprint density at radius 3 is 2.54 bits per heavy atom. The molecule has 5 unspecified atom stereocenters. The molecule has 0 aromatic heterocycles. The molecule has 0 radical (unpaired) electrons. The van der Waals surface area contributed by atoms with Crippen LogP contribution >= 0.6 is 0 Å². The Morgan fingerprint density at radius 1 is 1.11 bits per heavy atom. The van der Waals surface area contributed by atoms with Crippen LogP contribution in [0.2, 0.25) is 0 Å². The van der Waals surface area contributed by atoms with Crippen molar-refractivity contribution in [2.24, 2.45) is 0 Å². The van der Waals surface area contributed by atoms with Crippen molar-refractivity contribution < 1.29 is 30.0 Å². The molecule has 0 aliphatic carbocycles. The van der Waals surface area contributed by atoms with E-state index in [4.69, 9.17) is 9.84 Å². The molecule has 1 heterocycles. The molecule has 1 rings (SSSR count). The summed E-state index contributed by atoms with van der Waals surface area (Å²) >= 11 is 0. The minimum absolute atomic E-state index is 0.0683. The highest BCUT2D eigenvalue weighted by Crippen LogP contribution is 2.25.